The molecule has 3 heteroatoms. The van der Waals surface area contributed by atoms with Gasteiger partial charge in [0.15, 0.2) is 0 Å². The van der Waals surface area contributed by atoms with Crippen LogP contribution in [-0.4, -0.2) is 4.21 Å². The van der Waals surface area contributed by atoms with Crippen LogP contribution in [0, 0.1) is 0 Å². The van der Waals surface area contributed by atoms with Gasteiger partial charge in [-0.3, -0.25) is 0 Å². The Hall–Kier alpha value is -0.340. The van der Waals surface area contributed by atoms with E-state index in [9.17, 15) is 4.21 Å². The van der Waals surface area contributed by atoms with Crippen LogP contribution in [0.2, 0.25) is 0 Å². The second kappa shape index (κ2) is 3.74. The summed E-state index contributed by atoms with van der Waals surface area (Å²) >= 11 is 0. The molecule has 1 aromatic rings. The fourth-order valence-electron chi connectivity index (χ4n) is 0.705. The van der Waals surface area contributed by atoms with Crippen molar-refractivity contribution in [1.82, 2.24) is 0 Å². The first kappa shape index (κ1) is 7.76. The van der Waals surface area contributed by atoms with Gasteiger partial charge in [0, 0.05) is 0 Å². The van der Waals surface area contributed by atoms with Gasteiger partial charge in [0.25, 0.3) is 0 Å². The molecule has 0 heterocycles. The van der Waals surface area contributed by atoms with Gasteiger partial charge in [0.05, 0.1) is 5.75 Å². The number of benzene rings is 1. The smallest absolute Gasteiger partial charge is 0.119 e. The summed E-state index contributed by atoms with van der Waals surface area (Å²) in [5.41, 5.74) is 1.01. The van der Waals surface area contributed by atoms with Crippen molar-refractivity contribution in [3.63, 3.8) is 0 Å². The van der Waals surface area contributed by atoms with Crippen LogP contribution in [0.15, 0.2) is 30.3 Å². The van der Waals surface area contributed by atoms with E-state index in [2.05, 4.69) is 0 Å². The maximum Gasteiger partial charge on any atom is 0.119 e. The molecule has 1 unspecified atom stereocenters. The average Bonchev–Trinajstić information content (AvgIpc) is 1.88. The van der Waals surface area contributed by atoms with E-state index in [1.54, 1.807) is 0 Å². The number of halogens is 1. The first-order chi connectivity index (χ1) is 4.79. The van der Waals surface area contributed by atoms with Crippen LogP contribution in [0.1, 0.15) is 5.56 Å². The Morgan fingerprint density at radius 3 is 2.40 bits per heavy atom. The van der Waals surface area contributed by atoms with Crippen molar-refractivity contribution in [1.29, 1.82) is 0 Å². The number of hydrogen-bond donors (Lipinski definition) is 0. The van der Waals surface area contributed by atoms with Crippen LogP contribution in [0.5, 0.6) is 0 Å². The minimum absolute atomic E-state index is 0.433. The molecule has 0 saturated carbocycles. The monoisotopic (exact) mass is 174 g/mol. The molecule has 0 bridgehead atoms. The Morgan fingerprint density at radius 1 is 1.30 bits per heavy atom. The normalized spacial score (nSPS) is 12.9. The van der Waals surface area contributed by atoms with Crippen LogP contribution in [0.3, 0.4) is 0 Å². The molecule has 0 saturated heterocycles. The average molecular weight is 175 g/mol. The molecule has 1 atom stereocenters. The van der Waals surface area contributed by atoms with Gasteiger partial charge in [-0.15, -0.1) is 0 Å². The summed E-state index contributed by atoms with van der Waals surface area (Å²) in [6.45, 7) is 0. The van der Waals surface area contributed by atoms with Crippen LogP contribution >= 0.6 is 10.7 Å². The molecule has 0 spiro atoms. The summed E-state index contributed by atoms with van der Waals surface area (Å²) < 4.78 is 10.5. The highest BCUT2D eigenvalue weighted by Gasteiger charge is 1.94. The molecule has 0 aliphatic heterocycles. The summed E-state index contributed by atoms with van der Waals surface area (Å²) in [4.78, 5) is 0. The molecule has 0 amide bonds. The fraction of sp³-hybridized carbons (Fsp3) is 0.143. The zero-order valence-corrected chi connectivity index (χ0v) is 6.86. The van der Waals surface area contributed by atoms with Gasteiger partial charge >= 0.3 is 0 Å². The Morgan fingerprint density at radius 2 is 1.90 bits per heavy atom. The molecule has 0 aliphatic rings. The van der Waals surface area contributed by atoms with E-state index >= 15 is 0 Å². The van der Waals surface area contributed by atoms with Crippen LogP contribution in [0.4, 0.5) is 0 Å². The van der Waals surface area contributed by atoms with Crippen molar-refractivity contribution < 1.29 is 4.21 Å². The summed E-state index contributed by atoms with van der Waals surface area (Å²) in [6, 6.07) is 9.53. The van der Waals surface area contributed by atoms with E-state index in [1.165, 1.54) is 0 Å². The minimum Gasteiger partial charge on any atom is -0.242 e. The third-order valence-corrected chi connectivity index (χ3v) is 2.01. The van der Waals surface area contributed by atoms with Gasteiger partial charge in [0.1, 0.15) is 10.0 Å². The van der Waals surface area contributed by atoms with Crippen molar-refractivity contribution in [2.45, 2.75) is 5.75 Å². The molecule has 0 fully saturated rings. The standard InChI is InChI=1S/C7H7ClOS/c8-10(9)6-7-4-2-1-3-5-7/h1-5H,6H2. The van der Waals surface area contributed by atoms with E-state index < -0.39 is 10.0 Å². The highest BCUT2D eigenvalue weighted by molar-refractivity contribution is 8.07. The van der Waals surface area contributed by atoms with E-state index in [-0.39, 0.29) is 0 Å². The second-order valence-electron chi connectivity index (χ2n) is 1.92. The Bertz CT molecular complexity index is 222. The Balaban J connectivity index is 2.67. The SMILES string of the molecule is O=S(Cl)Cc1ccccc1. The second-order valence-corrected chi connectivity index (χ2v) is 3.82. The fourth-order valence-corrected chi connectivity index (χ4v) is 1.54. The van der Waals surface area contributed by atoms with E-state index in [1.807, 2.05) is 30.3 Å². The van der Waals surface area contributed by atoms with Gasteiger partial charge in [-0.05, 0) is 16.2 Å². The predicted molar refractivity (Wildman–Crippen MR) is 44.1 cm³/mol. The van der Waals surface area contributed by atoms with Crippen molar-refractivity contribution in [3.05, 3.63) is 35.9 Å². The summed E-state index contributed by atoms with van der Waals surface area (Å²) in [6.07, 6.45) is 0. The van der Waals surface area contributed by atoms with Gasteiger partial charge in [-0.2, -0.15) is 0 Å². The van der Waals surface area contributed by atoms with Crippen molar-refractivity contribution >= 4 is 20.7 Å². The quantitative estimate of drug-likeness (QED) is 0.628. The number of hydrogen-bond acceptors (Lipinski definition) is 1. The third kappa shape index (κ3) is 2.50. The third-order valence-electron chi connectivity index (χ3n) is 1.12. The molecule has 1 rings (SSSR count). The molecule has 1 aromatic carbocycles. The van der Waals surface area contributed by atoms with Crippen LogP contribution < -0.4 is 0 Å². The maximum atomic E-state index is 10.5. The highest BCUT2D eigenvalue weighted by Crippen LogP contribution is 2.04. The largest absolute Gasteiger partial charge is 0.242 e. The molecule has 0 N–H and O–H groups in total. The summed E-state index contributed by atoms with van der Waals surface area (Å²) in [5, 5.41) is 0. The van der Waals surface area contributed by atoms with Crippen molar-refractivity contribution in [2.24, 2.45) is 0 Å². The Labute approximate surface area is 67.0 Å². The molecular weight excluding hydrogens is 168 g/mol. The zero-order valence-electron chi connectivity index (χ0n) is 5.29. The van der Waals surface area contributed by atoms with Crippen LogP contribution in [0.25, 0.3) is 0 Å². The number of rotatable bonds is 2. The lowest BCUT2D eigenvalue weighted by molar-refractivity contribution is 0.691. The van der Waals surface area contributed by atoms with E-state index in [0.29, 0.717) is 5.75 Å². The van der Waals surface area contributed by atoms with Gasteiger partial charge in [0.2, 0.25) is 0 Å². The first-order valence-corrected chi connectivity index (χ1v) is 5.02. The predicted octanol–water partition coefficient (Wildman–Crippen LogP) is 2.09. The molecule has 0 aliphatic carbocycles. The van der Waals surface area contributed by atoms with Crippen LogP contribution in [-0.2, 0) is 15.8 Å². The lowest BCUT2D eigenvalue weighted by Crippen LogP contribution is -1.85. The molecule has 0 aromatic heterocycles. The zero-order chi connectivity index (χ0) is 7.40. The molecule has 54 valence electrons. The lowest BCUT2D eigenvalue weighted by atomic mass is 10.2. The van der Waals surface area contributed by atoms with Gasteiger partial charge in [-0.25, -0.2) is 4.21 Å². The van der Waals surface area contributed by atoms with E-state index in [0.717, 1.165) is 5.56 Å². The topological polar surface area (TPSA) is 17.1 Å². The lowest BCUT2D eigenvalue weighted by Gasteiger charge is -1.92. The molecule has 1 nitrogen and oxygen atoms in total. The van der Waals surface area contributed by atoms with Crippen molar-refractivity contribution in [2.75, 3.05) is 0 Å². The van der Waals surface area contributed by atoms with Gasteiger partial charge in [-0.1, -0.05) is 30.3 Å². The Kier molecular flexibility index (Phi) is 2.90. The molecular formula is C7H7ClOS. The first-order valence-electron chi connectivity index (χ1n) is 2.87. The van der Waals surface area contributed by atoms with Crippen molar-refractivity contribution in [3.8, 4) is 0 Å². The minimum atomic E-state index is -1.24. The maximum absolute atomic E-state index is 10.5. The molecule has 0 radical (unpaired) electrons. The summed E-state index contributed by atoms with van der Waals surface area (Å²) in [5.74, 6) is 0.433. The summed E-state index contributed by atoms with van der Waals surface area (Å²) in [7, 11) is 4.04. The molecule has 10 heavy (non-hydrogen) atoms. The van der Waals surface area contributed by atoms with Gasteiger partial charge < -0.3 is 0 Å². The van der Waals surface area contributed by atoms with E-state index in [4.69, 9.17) is 10.7 Å². The highest BCUT2D eigenvalue weighted by atomic mass is 35.7.